The predicted octanol–water partition coefficient (Wildman–Crippen LogP) is 10.9. The van der Waals surface area contributed by atoms with E-state index in [2.05, 4.69) is 29.9 Å². The van der Waals surface area contributed by atoms with Gasteiger partial charge in [0.2, 0.25) is 0 Å². The minimum atomic E-state index is -0.765. The molecule has 0 radical (unpaired) electrons. The fourth-order valence-corrected chi connectivity index (χ4v) is 6.11. The summed E-state index contributed by atoms with van der Waals surface area (Å²) in [5, 5.41) is 0.178. The second kappa shape index (κ2) is 21.8. The quantitative estimate of drug-likeness (QED) is 0.0366. The Morgan fingerprint density at radius 2 is 0.970 bits per heavy atom. The predicted molar refractivity (Wildman–Crippen MR) is 250 cm³/mol. The van der Waals surface area contributed by atoms with Crippen LogP contribution in [-0.4, -0.2) is 85.6 Å². The molecule has 0 aliphatic rings. The molecular formula is C47H55Cl2N8O8Pd-. The molecule has 16 nitrogen and oxygen atoms in total. The normalized spacial score (nSPS) is 11.8. The maximum absolute atomic E-state index is 13.1. The minimum Gasteiger partial charge on any atom is -0.460 e. The minimum absolute atomic E-state index is 0. The Kier molecular flexibility index (Phi) is 18.1. The van der Waals surface area contributed by atoms with Crippen LogP contribution >= 0.6 is 23.2 Å². The topological polar surface area (TPSA) is 192 Å². The monoisotopic (exact) mass is 1040 g/mol. The first-order valence-corrected chi connectivity index (χ1v) is 21.0. The third-order valence-corrected chi connectivity index (χ3v) is 8.52. The first kappa shape index (κ1) is 54.7. The molecule has 0 unspecified atom stereocenters. The van der Waals surface area contributed by atoms with Gasteiger partial charge in [0.05, 0.1) is 6.42 Å². The number of aryl methyl sites for hydroxylation is 1. The average Bonchev–Trinajstić information content (AvgIpc) is 3.74. The zero-order valence-electron chi connectivity index (χ0n) is 39.3. The molecule has 6 aromatic rings. The van der Waals surface area contributed by atoms with Crippen molar-refractivity contribution in [1.29, 1.82) is 0 Å². The summed E-state index contributed by atoms with van der Waals surface area (Å²) in [7, 11) is 0. The van der Waals surface area contributed by atoms with Crippen LogP contribution in [0.25, 0.3) is 51.2 Å². The van der Waals surface area contributed by atoms with Gasteiger partial charge in [0.1, 0.15) is 45.1 Å². The Bertz CT molecular complexity index is 2710. The molecule has 0 N–H and O–H groups in total. The summed E-state index contributed by atoms with van der Waals surface area (Å²) < 4.78 is 24.2. The summed E-state index contributed by atoms with van der Waals surface area (Å²) >= 11 is 12.8. The van der Waals surface area contributed by atoms with Crippen LogP contribution < -0.4 is 0 Å². The number of aromatic nitrogens is 8. The Labute approximate surface area is 408 Å². The number of rotatable bonds is 7. The van der Waals surface area contributed by atoms with Crippen molar-refractivity contribution in [2.45, 2.75) is 118 Å². The van der Waals surface area contributed by atoms with Crippen molar-refractivity contribution in [3.05, 3.63) is 96.1 Å². The Morgan fingerprint density at radius 1 is 0.561 bits per heavy atom. The van der Waals surface area contributed by atoms with Crippen LogP contribution in [0, 0.1) is 7.43 Å². The first-order valence-electron chi connectivity index (χ1n) is 20.3. The van der Waals surface area contributed by atoms with Gasteiger partial charge in [0.25, 0.3) is 0 Å². The van der Waals surface area contributed by atoms with Gasteiger partial charge in [-0.1, -0.05) is 83.9 Å². The largest absolute Gasteiger partial charge is 0.460 e. The van der Waals surface area contributed by atoms with Crippen LogP contribution in [0.4, 0.5) is 9.59 Å². The SMILES string of the molecule is CC(C)(C)OC(=O)/C=C/c1nc2c(Cl)nc(-c3ccccc3)nc2n1C(=O)OC(C)(C)C.CC(C)(C)OC(=O)CCc1nc2c(Cl)nc(-c3ccccc3)nc2n1C(=O)OC(C)(C)C.[CH3-].[Pd]. The molecule has 0 aliphatic heterocycles. The Balaban J connectivity index is 0.000000340. The molecule has 4 aromatic heterocycles. The molecule has 19 heteroatoms. The number of imidazole rings is 2. The van der Waals surface area contributed by atoms with E-state index in [0.29, 0.717) is 17.5 Å². The van der Waals surface area contributed by atoms with Crippen molar-refractivity contribution in [3.63, 3.8) is 0 Å². The fraction of sp³-hybridized carbons (Fsp3) is 0.383. The molecule has 0 bridgehead atoms. The summed E-state index contributed by atoms with van der Waals surface area (Å²) in [5.74, 6) is 0.106. The van der Waals surface area contributed by atoms with E-state index in [0.717, 1.165) is 11.1 Å². The molecular weight excluding hydrogens is 982 g/mol. The third-order valence-electron chi connectivity index (χ3n) is 7.99. The van der Waals surface area contributed by atoms with Gasteiger partial charge in [0.15, 0.2) is 33.2 Å². The zero-order valence-corrected chi connectivity index (χ0v) is 42.3. The molecule has 0 aliphatic carbocycles. The molecule has 0 amide bonds. The van der Waals surface area contributed by atoms with Crippen molar-refractivity contribution >= 4 is 75.7 Å². The van der Waals surface area contributed by atoms with Gasteiger partial charge < -0.3 is 26.4 Å². The number of ether oxygens (including phenoxy) is 4. The second-order valence-corrected chi connectivity index (χ2v) is 19.1. The summed E-state index contributed by atoms with van der Waals surface area (Å²) in [6.45, 7) is 21.2. The molecule has 4 heterocycles. The number of hydrogen-bond donors (Lipinski definition) is 0. The summed E-state index contributed by atoms with van der Waals surface area (Å²) in [4.78, 5) is 77.1. The van der Waals surface area contributed by atoms with Gasteiger partial charge in [-0.15, -0.1) is 0 Å². The van der Waals surface area contributed by atoms with Crippen molar-refractivity contribution < 1.29 is 58.5 Å². The van der Waals surface area contributed by atoms with Gasteiger partial charge in [-0.05, 0) is 89.2 Å². The number of carbonyl (C=O) groups is 4. The number of benzene rings is 2. The van der Waals surface area contributed by atoms with Crippen molar-refractivity contribution in [2.75, 3.05) is 0 Å². The number of nitrogens with zero attached hydrogens (tertiary/aromatic N) is 8. The van der Waals surface area contributed by atoms with Crippen LogP contribution in [0.3, 0.4) is 0 Å². The molecule has 2 aromatic carbocycles. The maximum Gasteiger partial charge on any atom is 0.422 e. The van der Waals surface area contributed by atoms with E-state index in [1.807, 2.05) is 60.7 Å². The molecule has 0 saturated heterocycles. The van der Waals surface area contributed by atoms with Crippen molar-refractivity contribution in [1.82, 2.24) is 39.0 Å². The van der Waals surface area contributed by atoms with Crippen LogP contribution in [0.5, 0.6) is 0 Å². The van der Waals surface area contributed by atoms with Crippen LogP contribution in [0.15, 0.2) is 66.7 Å². The van der Waals surface area contributed by atoms with Crippen LogP contribution in [0.1, 0.15) is 101 Å². The van der Waals surface area contributed by atoms with E-state index in [9.17, 15) is 19.2 Å². The fourth-order valence-electron chi connectivity index (χ4n) is 5.70. The van der Waals surface area contributed by atoms with Crippen LogP contribution in [-0.2, 0) is 55.4 Å². The summed E-state index contributed by atoms with van der Waals surface area (Å²) in [5.41, 5.74) is -0.457. The van der Waals surface area contributed by atoms with Gasteiger partial charge in [-0.3, -0.25) is 4.79 Å². The molecule has 0 saturated carbocycles. The number of halogens is 2. The third kappa shape index (κ3) is 15.2. The number of fused-ring (bicyclic) bond motifs is 2. The Morgan fingerprint density at radius 3 is 1.41 bits per heavy atom. The molecule has 0 fully saturated rings. The maximum atomic E-state index is 13.1. The Hall–Kier alpha value is -5.60. The summed E-state index contributed by atoms with van der Waals surface area (Å²) in [6, 6.07) is 18.5. The van der Waals surface area contributed by atoms with Gasteiger partial charge >= 0.3 is 24.1 Å². The number of carbonyl (C=O) groups excluding carboxylic acids is 4. The standard InChI is InChI=1S/C23H27ClN4O4.C23H25ClN4O4.CH3.Pd/c2*1-22(2,3)31-16(29)13-12-15-25-17-18(24)26-19(14-10-8-7-9-11-14)27-20(17)28(15)21(30)32-23(4,5)6;;/h7-11H,12-13H2,1-6H3;7-13H,1-6H3;1H3;/q;;-1;/b;13-12+;;. The number of hydrogen-bond acceptors (Lipinski definition) is 14. The molecule has 66 heavy (non-hydrogen) atoms. The van der Waals surface area contributed by atoms with E-state index in [4.69, 9.17) is 42.1 Å². The molecule has 6 rings (SSSR count). The van der Waals surface area contributed by atoms with Gasteiger partial charge in [-0.2, -0.15) is 0 Å². The van der Waals surface area contributed by atoms with Gasteiger partial charge in [0, 0.05) is 44.0 Å². The van der Waals surface area contributed by atoms with Crippen LogP contribution in [0.2, 0.25) is 10.3 Å². The average molecular weight is 1040 g/mol. The smallest absolute Gasteiger partial charge is 0.422 e. The van der Waals surface area contributed by atoms with Crippen molar-refractivity contribution in [3.8, 4) is 22.8 Å². The zero-order chi connectivity index (χ0) is 47.4. The second-order valence-electron chi connectivity index (χ2n) is 18.3. The van der Waals surface area contributed by atoms with E-state index in [-0.39, 0.29) is 79.1 Å². The first-order chi connectivity index (χ1) is 29.7. The van der Waals surface area contributed by atoms with Crippen molar-refractivity contribution in [2.24, 2.45) is 0 Å². The summed E-state index contributed by atoms with van der Waals surface area (Å²) in [6.07, 6.45) is 1.34. The van der Waals surface area contributed by atoms with E-state index in [1.54, 1.807) is 83.1 Å². The van der Waals surface area contributed by atoms with E-state index >= 15 is 0 Å². The molecule has 356 valence electrons. The number of esters is 2. The van der Waals surface area contributed by atoms with E-state index < -0.39 is 46.5 Å². The van der Waals surface area contributed by atoms with E-state index in [1.165, 1.54) is 21.3 Å². The molecule has 0 atom stereocenters. The molecule has 0 spiro atoms. The van der Waals surface area contributed by atoms with Gasteiger partial charge in [-0.25, -0.2) is 53.4 Å².